The van der Waals surface area contributed by atoms with Crippen LogP contribution in [-0.4, -0.2) is 31.5 Å². The van der Waals surface area contributed by atoms with Crippen molar-refractivity contribution in [1.82, 2.24) is 14.7 Å². The molecule has 5 nitrogen and oxygen atoms in total. The molecule has 166 valence electrons. The fourth-order valence-corrected chi connectivity index (χ4v) is 5.05. The van der Waals surface area contributed by atoms with E-state index >= 15 is 0 Å². The number of nitrogens with zero attached hydrogens (tertiary/aromatic N) is 3. The van der Waals surface area contributed by atoms with Crippen molar-refractivity contribution in [3.63, 3.8) is 0 Å². The van der Waals surface area contributed by atoms with Crippen molar-refractivity contribution in [3.05, 3.63) is 65.4 Å². The third kappa shape index (κ3) is 4.89. The molecular formula is C25H27N3O2S2. The molecule has 7 heteroatoms. The van der Waals surface area contributed by atoms with Crippen LogP contribution in [0.1, 0.15) is 45.1 Å². The molecule has 0 N–H and O–H groups in total. The minimum absolute atomic E-state index is 0.0206. The fraction of sp³-hybridized carbons (Fsp3) is 0.320. The lowest BCUT2D eigenvalue weighted by molar-refractivity contribution is -0.122. The minimum Gasteiger partial charge on any atom is -0.463 e. The summed E-state index contributed by atoms with van der Waals surface area (Å²) in [6, 6.07) is 13.6. The second-order valence-corrected chi connectivity index (χ2v) is 9.58. The van der Waals surface area contributed by atoms with E-state index in [4.69, 9.17) is 21.7 Å². The van der Waals surface area contributed by atoms with Crippen LogP contribution in [0, 0.1) is 5.92 Å². The summed E-state index contributed by atoms with van der Waals surface area (Å²) in [6.45, 7) is 5.07. The van der Waals surface area contributed by atoms with Crippen molar-refractivity contribution in [3.8, 4) is 17.1 Å². The van der Waals surface area contributed by atoms with Gasteiger partial charge in [-0.2, -0.15) is 5.10 Å². The third-order valence-corrected chi connectivity index (χ3v) is 7.04. The first-order chi connectivity index (χ1) is 15.6. The third-order valence-electron chi connectivity index (χ3n) is 5.66. The maximum absolute atomic E-state index is 13.2. The van der Waals surface area contributed by atoms with Crippen LogP contribution in [0.25, 0.3) is 23.2 Å². The van der Waals surface area contributed by atoms with E-state index in [-0.39, 0.29) is 5.91 Å². The van der Waals surface area contributed by atoms with Crippen LogP contribution in [-0.2, 0) is 4.79 Å². The van der Waals surface area contributed by atoms with Gasteiger partial charge in [-0.25, -0.2) is 4.68 Å². The number of carbonyl (C=O) groups is 1. The Morgan fingerprint density at radius 2 is 2.00 bits per heavy atom. The highest BCUT2D eigenvalue weighted by molar-refractivity contribution is 8.26. The SMILES string of the molecule is CCCCC(CC)CN1C(=O)/C(=C\c2cn(-c3ccccc3)nc2-c2ccco2)SC1=S. The van der Waals surface area contributed by atoms with Crippen molar-refractivity contribution in [2.24, 2.45) is 5.92 Å². The average molecular weight is 466 g/mol. The van der Waals surface area contributed by atoms with Gasteiger partial charge in [0, 0.05) is 18.3 Å². The van der Waals surface area contributed by atoms with Crippen molar-refractivity contribution < 1.29 is 9.21 Å². The smallest absolute Gasteiger partial charge is 0.266 e. The van der Waals surface area contributed by atoms with E-state index in [0.717, 1.165) is 30.5 Å². The van der Waals surface area contributed by atoms with E-state index in [0.29, 0.717) is 33.1 Å². The quantitative estimate of drug-likeness (QED) is 0.265. The number of unbranched alkanes of at least 4 members (excludes halogenated alkanes) is 1. The van der Waals surface area contributed by atoms with E-state index in [1.54, 1.807) is 11.2 Å². The normalized spacial score (nSPS) is 16.3. The Kier molecular flexibility index (Phi) is 7.27. The van der Waals surface area contributed by atoms with Gasteiger partial charge in [0.05, 0.1) is 16.9 Å². The van der Waals surface area contributed by atoms with E-state index in [9.17, 15) is 4.79 Å². The van der Waals surface area contributed by atoms with Crippen LogP contribution in [0.15, 0.2) is 64.2 Å². The number of aromatic nitrogens is 2. The fourth-order valence-electron chi connectivity index (χ4n) is 3.78. The summed E-state index contributed by atoms with van der Waals surface area (Å²) < 4.78 is 8.05. The van der Waals surface area contributed by atoms with Gasteiger partial charge in [-0.3, -0.25) is 9.69 Å². The zero-order valence-corrected chi connectivity index (χ0v) is 20.0. The lowest BCUT2D eigenvalue weighted by atomic mass is 9.99. The molecule has 1 saturated heterocycles. The van der Waals surface area contributed by atoms with Crippen LogP contribution in [0.3, 0.4) is 0 Å². The number of benzene rings is 1. The van der Waals surface area contributed by atoms with Crippen molar-refractivity contribution in [2.75, 3.05) is 6.54 Å². The largest absolute Gasteiger partial charge is 0.463 e. The van der Waals surface area contributed by atoms with Crippen molar-refractivity contribution >= 4 is 40.3 Å². The number of para-hydroxylation sites is 1. The van der Waals surface area contributed by atoms with Gasteiger partial charge in [0.1, 0.15) is 10.0 Å². The first-order valence-corrected chi connectivity index (χ1v) is 12.3. The standard InChI is InChI=1S/C25H27N3O2S2/c1-3-5-10-18(4-2)16-27-24(29)22(32-25(27)31)15-19-17-28(20-11-7-6-8-12-20)26-23(19)21-13-9-14-30-21/h6-9,11-15,17-18H,3-5,10,16H2,1-2H3/b22-15+. The zero-order chi connectivity index (χ0) is 22.5. The molecule has 1 amide bonds. The van der Waals surface area contributed by atoms with E-state index < -0.39 is 0 Å². The van der Waals surface area contributed by atoms with E-state index in [1.807, 2.05) is 59.4 Å². The summed E-state index contributed by atoms with van der Waals surface area (Å²) in [5, 5.41) is 4.73. The number of furan rings is 1. The van der Waals surface area contributed by atoms with Gasteiger partial charge in [0.25, 0.3) is 5.91 Å². The van der Waals surface area contributed by atoms with Gasteiger partial charge in [-0.15, -0.1) is 0 Å². The van der Waals surface area contributed by atoms with Crippen LogP contribution in [0.4, 0.5) is 0 Å². The predicted octanol–water partition coefficient (Wildman–Crippen LogP) is 6.55. The number of carbonyl (C=O) groups excluding carboxylic acids is 1. The molecule has 4 rings (SSSR count). The highest BCUT2D eigenvalue weighted by atomic mass is 32.2. The molecular weight excluding hydrogens is 438 g/mol. The molecule has 3 heterocycles. The van der Waals surface area contributed by atoms with Crippen molar-refractivity contribution in [1.29, 1.82) is 0 Å². The van der Waals surface area contributed by atoms with Gasteiger partial charge in [-0.1, -0.05) is 75.3 Å². The van der Waals surface area contributed by atoms with E-state index in [2.05, 4.69) is 13.8 Å². The van der Waals surface area contributed by atoms with Gasteiger partial charge < -0.3 is 4.42 Å². The summed E-state index contributed by atoms with van der Waals surface area (Å²) in [5.41, 5.74) is 2.45. The van der Waals surface area contributed by atoms with Crippen LogP contribution < -0.4 is 0 Å². The van der Waals surface area contributed by atoms with Gasteiger partial charge in [0.15, 0.2) is 5.76 Å². The first-order valence-electron chi connectivity index (χ1n) is 11.0. The van der Waals surface area contributed by atoms with Crippen molar-refractivity contribution in [2.45, 2.75) is 39.5 Å². The Morgan fingerprint density at radius 1 is 1.19 bits per heavy atom. The second kappa shape index (κ2) is 10.3. The first kappa shape index (κ1) is 22.6. The Bertz CT molecular complexity index is 1100. The summed E-state index contributed by atoms with van der Waals surface area (Å²) in [6.07, 6.45) is 9.94. The molecule has 1 aliphatic rings. The molecule has 1 fully saturated rings. The Balaban J connectivity index is 1.64. The van der Waals surface area contributed by atoms with Gasteiger partial charge in [0.2, 0.25) is 0 Å². The summed E-state index contributed by atoms with van der Waals surface area (Å²) in [7, 11) is 0. The van der Waals surface area contributed by atoms with Gasteiger partial charge >= 0.3 is 0 Å². The number of hydrogen-bond donors (Lipinski definition) is 0. The number of hydrogen-bond acceptors (Lipinski definition) is 5. The second-order valence-electron chi connectivity index (χ2n) is 7.90. The summed E-state index contributed by atoms with van der Waals surface area (Å²) >= 11 is 6.94. The highest BCUT2D eigenvalue weighted by Crippen LogP contribution is 2.36. The van der Waals surface area contributed by atoms with E-state index in [1.165, 1.54) is 18.2 Å². The molecule has 0 bridgehead atoms. The Labute approximate surface area is 198 Å². The number of thioether (sulfide) groups is 1. The average Bonchev–Trinajstić information content (AvgIpc) is 3.54. The summed E-state index contributed by atoms with van der Waals surface area (Å²) in [5.74, 6) is 1.11. The maximum Gasteiger partial charge on any atom is 0.266 e. The highest BCUT2D eigenvalue weighted by Gasteiger charge is 2.33. The summed E-state index contributed by atoms with van der Waals surface area (Å²) in [4.78, 5) is 15.6. The Morgan fingerprint density at radius 3 is 2.69 bits per heavy atom. The lowest BCUT2D eigenvalue weighted by Gasteiger charge is -2.21. The molecule has 0 spiro atoms. The molecule has 0 aliphatic carbocycles. The molecule has 0 radical (unpaired) electrons. The van der Waals surface area contributed by atoms with Crippen LogP contribution in [0.2, 0.25) is 0 Å². The molecule has 2 aromatic heterocycles. The lowest BCUT2D eigenvalue weighted by Crippen LogP contribution is -2.33. The molecule has 32 heavy (non-hydrogen) atoms. The topological polar surface area (TPSA) is 51.3 Å². The molecule has 1 aromatic carbocycles. The maximum atomic E-state index is 13.2. The van der Waals surface area contributed by atoms with Crippen LogP contribution >= 0.6 is 24.0 Å². The van der Waals surface area contributed by atoms with Gasteiger partial charge in [-0.05, 0) is 42.7 Å². The zero-order valence-electron chi connectivity index (χ0n) is 18.4. The Hall–Kier alpha value is -2.64. The number of thiocarbonyl (C=S) groups is 1. The molecule has 1 atom stereocenters. The monoisotopic (exact) mass is 465 g/mol. The number of rotatable bonds is 9. The molecule has 3 aromatic rings. The predicted molar refractivity (Wildman–Crippen MR) is 134 cm³/mol. The minimum atomic E-state index is -0.0206. The molecule has 1 aliphatic heterocycles. The van der Waals surface area contributed by atoms with Crippen LogP contribution in [0.5, 0.6) is 0 Å². The molecule has 0 saturated carbocycles. The number of amides is 1. The molecule has 1 unspecified atom stereocenters.